The summed E-state index contributed by atoms with van der Waals surface area (Å²) >= 11 is 0. The number of carboxylic acids is 1. The highest BCUT2D eigenvalue weighted by atomic mass is 16.6. The number of nitro benzene ring substituents is 1. The highest BCUT2D eigenvalue weighted by molar-refractivity contribution is 5.73. The van der Waals surface area contributed by atoms with Crippen molar-refractivity contribution >= 4 is 11.7 Å². The van der Waals surface area contributed by atoms with Crippen LogP contribution in [0.4, 0.5) is 5.69 Å². The Hall–Kier alpha value is -2.15. The molecule has 104 valence electrons. The van der Waals surface area contributed by atoms with E-state index in [0.717, 1.165) is 5.56 Å². The highest BCUT2D eigenvalue weighted by Gasteiger charge is 2.17. The fraction of sp³-hybridized carbons (Fsp3) is 0.417. The quantitative estimate of drug-likeness (QED) is 0.571. The average Bonchev–Trinajstić information content (AvgIpc) is 2.33. The van der Waals surface area contributed by atoms with Crippen molar-refractivity contribution in [1.82, 2.24) is 5.32 Å². The van der Waals surface area contributed by atoms with Gasteiger partial charge >= 0.3 is 11.7 Å². The van der Waals surface area contributed by atoms with Crippen LogP contribution < -0.4 is 10.1 Å². The van der Waals surface area contributed by atoms with E-state index in [1.54, 1.807) is 19.1 Å². The standard InChI is InChI=1S/C12H16N2O5/c1-8-3-4-10(14(17)18)11(7-8)19-6-5-9(13-2)12(15)16/h3-4,7,9,13H,5-6H2,1-2H3,(H,15,16). The molecule has 0 aromatic heterocycles. The number of carbonyl (C=O) groups is 1. The topological polar surface area (TPSA) is 102 Å². The summed E-state index contributed by atoms with van der Waals surface area (Å²) in [5.74, 6) is -0.824. The number of hydrogen-bond acceptors (Lipinski definition) is 5. The van der Waals surface area contributed by atoms with Crippen LogP contribution in [0.3, 0.4) is 0 Å². The van der Waals surface area contributed by atoms with Gasteiger partial charge in [-0.2, -0.15) is 0 Å². The molecule has 0 aliphatic carbocycles. The number of nitro groups is 1. The molecule has 1 aromatic carbocycles. The van der Waals surface area contributed by atoms with E-state index in [4.69, 9.17) is 9.84 Å². The molecule has 1 rings (SSSR count). The summed E-state index contributed by atoms with van der Waals surface area (Å²) in [5.41, 5.74) is 0.714. The Morgan fingerprint density at radius 2 is 2.26 bits per heavy atom. The molecule has 7 nitrogen and oxygen atoms in total. The van der Waals surface area contributed by atoms with Crippen LogP contribution in [0, 0.1) is 17.0 Å². The second-order valence-electron chi connectivity index (χ2n) is 4.04. The smallest absolute Gasteiger partial charge is 0.320 e. The molecule has 2 N–H and O–H groups in total. The molecular weight excluding hydrogens is 252 g/mol. The highest BCUT2D eigenvalue weighted by Crippen LogP contribution is 2.27. The molecule has 0 aliphatic heterocycles. The molecule has 1 atom stereocenters. The van der Waals surface area contributed by atoms with Crippen LogP contribution in [0.2, 0.25) is 0 Å². The summed E-state index contributed by atoms with van der Waals surface area (Å²) in [6, 6.07) is 3.83. The number of rotatable bonds is 7. The monoisotopic (exact) mass is 268 g/mol. The number of nitrogens with zero attached hydrogens (tertiary/aromatic N) is 1. The van der Waals surface area contributed by atoms with E-state index in [0.29, 0.717) is 0 Å². The summed E-state index contributed by atoms with van der Waals surface area (Å²) in [6.45, 7) is 1.88. The molecule has 0 heterocycles. The molecule has 0 bridgehead atoms. The Labute approximate surface area is 110 Å². The zero-order chi connectivity index (χ0) is 14.4. The lowest BCUT2D eigenvalue weighted by atomic mass is 10.2. The van der Waals surface area contributed by atoms with Crippen LogP contribution in [-0.2, 0) is 4.79 Å². The number of hydrogen-bond donors (Lipinski definition) is 2. The predicted molar refractivity (Wildman–Crippen MR) is 68.4 cm³/mol. The Balaban J connectivity index is 2.69. The van der Waals surface area contributed by atoms with Gasteiger partial charge in [-0.3, -0.25) is 14.9 Å². The summed E-state index contributed by atoms with van der Waals surface area (Å²) in [6.07, 6.45) is 0.219. The minimum Gasteiger partial charge on any atom is -0.487 e. The van der Waals surface area contributed by atoms with Crippen LogP contribution in [0.1, 0.15) is 12.0 Å². The van der Waals surface area contributed by atoms with Crippen molar-refractivity contribution in [3.63, 3.8) is 0 Å². The first-order valence-corrected chi connectivity index (χ1v) is 5.73. The van der Waals surface area contributed by atoms with Crippen molar-refractivity contribution < 1.29 is 19.6 Å². The molecule has 19 heavy (non-hydrogen) atoms. The summed E-state index contributed by atoms with van der Waals surface area (Å²) in [5, 5.41) is 22.3. The first-order valence-electron chi connectivity index (χ1n) is 5.73. The maximum Gasteiger partial charge on any atom is 0.320 e. The van der Waals surface area contributed by atoms with Crippen LogP contribution in [0.5, 0.6) is 5.75 Å². The van der Waals surface area contributed by atoms with Gasteiger partial charge in [0.2, 0.25) is 0 Å². The third-order valence-electron chi connectivity index (χ3n) is 2.62. The maximum atomic E-state index is 10.8. The number of nitrogens with one attached hydrogen (secondary N) is 1. The first kappa shape index (κ1) is 14.9. The molecule has 7 heteroatoms. The van der Waals surface area contributed by atoms with Gasteiger partial charge in [0.05, 0.1) is 11.5 Å². The van der Waals surface area contributed by atoms with E-state index in [-0.39, 0.29) is 24.5 Å². The van der Waals surface area contributed by atoms with Crippen LogP contribution in [0.15, 0.2) is 18.2 Å². The number of aliphatic carboxylic acids is 1. The van der Waals surface area contributed by atoms with Gasteiger partial charge in [-0.1, -0.05) is 6.07 Å². The van der Waals surface area contributed by atoms with Crippen LogP contribution in [0.25, 0.3) is 0 Å². The number of aryl methyl sites for hydroxylation is 1. The number of ether oxygens (including phenoxy) is 1. The minimum atomic E-state index is -0.982. The van der Waals surface area contributed by atoms with Gasteiger partial charge in [0.1, 0.15) is 6.04 Å². The molecule has 0 spiro atoms. The molecule has 0 fully saturated rings. The van der Waals surface area contributed by atoms with Gasteiger partial charge in [0, 0.05) is 12.5 Å². The van der Waals surface area contributed by atoms with E-state index < -0.39 is 16.9 Å². The third-order valence-corrected chi connectivity index (χ3v) is 2.62. The van der Waals surface area contributed by atoms with Crippen molar-refractivity contribution in [2.45, 2.75) is 19.4 Å². The fourth-order valence-electron chi connectivity index (χ4n) is 1.57. The third kappa shape index (κ3) is 4.22. The molecule has 0 amide bonds. The molecular formula is C12H16N2O5. The largest absolute Gasteiger partial charge is 0.487 e. The van der Waals surface area contributed by atoms with Crippen molar-refractivity contribution in [1.29, 1.82) is 0 Å². The van der Waals surface area contributed by atoms with E-state index in [2.05, 4.69) is 5.32 Å². The Morgan fingerprint density at radius 3 is 2.79 bits per heavy atom. The Kier molecular flexibility index (Phi) is 5.25. The van der Waals surface area contributed by atoms with Gasteiger partial charge < -0.3 is 15.2 Å². The lowest BCUT2D eigenvalue weighted by molar-refractivity contribution is -0.385. The zero-order valence-electron chi connectivity index (χ0n) is 10.8. The molecule has 0 saturated carbocycles. The molecule has 0 radical (unpaired) electrons. The Bertz CT molecular complexity index is 475. The lowest BCUT2D eigenvalue weighted by Gasteiger charge is -2.12. The van der Waals surface area contributed by atoms with E-state index >= 15 is 0 Å². The van der Waals surface area contributed by atoms with E-state index in [9.17, 15) is 14.9 Å². The molecule has 1 unspecified atom stereocenters. The summed E-state index contributed by atoms with van der Waals surface area (Å²) in [7, 11) is 1.54. The van der Waals surface area contributed by atoms with E-state index in [1.165, 1.54) is 13.1 Å². The SMILES string of the molecule is CNC(CCOc1cc(C)ccc1[N+](=O)[O-])C(=O)O. The maximum absolute atomic E-state index is 10.8. The average molecular weight is 268 g/mol. The van der Waals surface area contributed by atoms with Crippen molar-refractivity contribution in [3.05, 3.63) is 33.9 Å². The van der Waals surface area contributed by atoms with Crippen molar-refractivity contribution in [3.8, 4) is 5.75 Å². The predicted octanol–water partition coefficient (Wildman–Crippen LogP) is 1.34. The van der Waals surface area contributed by atoms with E-state index in [1.807, 2.05) is 0 Å². The summed E-state index contributed by atoms with van der Waals surface area (Å²) < 4.78 is 5.32. The number of carboxylic acid groups (broad SMARTS) is 1. The Morgan fingerprint density at radius 1 is 1.58 bits per heavy atom. The molecule has 0 saturated heterocycles. The second kappa shape index (κ2) is 6.69. The first-order chi connectivity index (χ1) is 8.95. The molecule has 1 aromatic rings. The van der Waals surface area contributed by atoms with Gasteiger partial charge in [-0.25, -0.2) is 0 Å². The number of benzene rings is 1. The fourth-order valence-corrected chi connectivity index (χ4v) is 1.57. The molecule has 0 aliphatic rings. The van der Waals surface area contributed by atoms with Gasteiger partial charge in [-0.15, -0.1) is 0 Å². The number of likely N-dealkylation sites (N-methyl/N-ethyl adjacent to an activating group) is 1. The normalized spacial score (nSPS) is 11.9. The zero-order valence-corrected chi connectivity index (χ0v) is 10.8. The minimum absolute atomic E-state index is 0.0854. The lowest BCUT2D eigenvalue weighted by Crippen LogP contribution is -2.35. The van der Waals surface area contributed by atoms with Crippen LogP contribution >= 0.6 is 0 Å². The summed E-state index contributed by atoms with van der Waals surface area (Å²) in [4.78, 5) is 21.1. The van der Waals surface area contributed by atoms with Crippen molar-refractivity contribution in [2.75, 3.05) is 13.7 Å². The van der Waals surface area contributed by atoms with Gasteiger partial charge in [0.15, 0.2) is 5.75 Å². The second-order valence-corrected chi connectivity index (χ2v) is 4.04. The van der Waals surface area contributed by atoms with Crippen LogP contribution in [-0.4, -0.2) is 35.7 Å². The van der Waals surface area contributed by atoms with Gasteiger partial charge in [-0.05, 0) is 25.6 Å². The van der Waals surface area contributed by atoms with Gasteiger partial charge in [0.25, 0.3) is 0 Å². The van der Waals surface area contributed by atoms with Crippen molar-refractivity contribution in [2.24, 2.45) is 0 Å².